The first-order valence-electron chi connectivity index (χ1n) is 8.66. The molecule has 5 nitrogen and oxygen atoms in total. The predicted octanol–water partition coefficient (Wildman–Crippen LogP) is 4.41. The molecule has 6 heteroatoms. The van der Waals surface area contributed by atoms with Crippen LogP contribution in [0.25, 0.3) is 11.3 Å². The van der Waals surface area contributed by atoms with E-state index in [1.807, 2.05) is 27.8 Å². The van der Waals surface area contributed by atoms with Crippen LogP contribution in [-0.4, -0.2) is 21.4 Å². The molecule has 2 aromatic rings. The Labute approximate surface area is 147 Å². The van der Waals surface area contributed by atoms with Gasteiger partial charge in [0.25, 0.3) is 0 Å². The molecule has 0 radical (unpaired) electrons. The topological polar surface area (TPSA) is 59.0 Å². The first-order chi connectivity index (χ1) is 11.7. The molecule has 1 fully saturated rings. The molecule has 2 amide bonds. The first-order valence-corrected chi connectivity index (χ1v) is 8.66. The van der Waals surface area contributed by atoms with Gasteiger partial charge in [-0.2, -0.15) is 5.10 Å². The number of amides is 2. The van der Waals surface area contributed by atoms with Crippen molar-refractivity contribution in [3.63, 3.8) is 0 Å². The van der Waals surface area contributed by atoms with E-state index in [-0.39, 0.29) is 17.4 Å². The SMILES string of the molecule is Cn1nc(NC(=O)NC(C)(C)C)c(C2CCC2)c1-c1ccc(F)cc1. The summed E-state index contributed by atoms with van der Waals surface area (Å²) in [6.07, 6.45) is 3.33. The molecule has 2 N–H and O–H groups in total. The van der Waals surface area contributed by atoms with Gasteiger partial charge in [0.15, 0.2) is 5.82 Å². The second-order valence-corrected chi connectivity index (χ2v) is 7.70. The van der Waals surface area contributed by atoms with Crippen LogP contribution in [0, 0.1) is 5.82 Å². The lowest BCUT2D eigenvalue weighted by atomic mass is 9.79. The van der Waals surface area contributed by atoms with Gasteiger partial charge in [-0.15, -0.1) is 0 Å². The zero-order chi connectivity index (χ0) is 18.2. The summed E-state index contributed by atoms with van der Waals surface area (Å²) in [6, 6.07) is 6.15. The molecule has 1 saturated carbocycles. The van der Waals surface area contributed by atoms with Crippen LogP contribution in [0.1, 0.15) is 51.5 Å². The normalized spacial score (nSPS) is 14.9. The van der Waals surface area contributed by atoms with E-state index in [0.29, 0.717) is 11.7 Å². The van der Waals surface area contributed by atoms with Crippen LogP contribution in [-0.2, 0) is 7.05 Å². The third kappa shape index (κ3) is 3.83. The highest BCUT2D eigenvalue weighted by atomic mass is 19.1. The molecule has 1 aliphatic carbocycles. The average Bonchev–Trinajstić information content (AvgIpc) is 2.72. The number of urea groups is 1. The van der Waals surface area contributed by atoms with Crippen LogP contribution < -0.4 is 10.6 Å². The molecule has 0 spiro atoms. The van der Waals surface area contributed by atoms with E-state index < -0.39 is 0 Å². The van der Waals surface area contributed by atoms with Gasteiger partial charge in [-0.25, -0.2) is 9.18 Å². The summed E-state index contributed by atoms with van der Waals surface area (Å²) in [7, 11) is 1.85. The molecular formula is C19H25FN4O. The van der Waals surface area contributed by atoms with Gasteiger partial charge in [-0.3, -0.25) is 10.00 Å². The zero-order valence-electron chi connectivity index (χ0n) is 15.2. The zero-order valence-corrected chi connectivity index (χ0v) is 15.2. The van der Waals surface area contributed by atoms with Crippen LogP contribution in [0.4, 0.5) is 15.0 Å². The van der Waals surface area contributed by atoms with Gasteiger partial charge in [0, 0.05) is 23.7 Å². The van der Waals surface area contributed by atoms with Gasteiger partial charge in [0.1, 0.15) is 5.82 Å². The summed E-state index contributed by atoms with van der Waals surface area (Å²) >= 11 is 0. The van der Waals surface area contributed by atoms with Crippen molar-refractivity contribution in [1.82, 2.24) is 15.1 Å². The summed E-state index contributed by atoms with van der Waals surface area (Å²) in [5.41, 5.74) is 2.57. The van der Waals surface area contributed by atoms with E-state index in [0.717, 1.165) is 29.7 Å². The highest BCUT2D eigenvalue weighted by Crippen LogP contribution is 2.44. The van der Waals surface area contributed by atoms with Crippen LogP contribution in [0.2, 0.25) is 0 Å². The maximum atomic E-state index is 13.3. The Morgan fingerprint density at radius 3 is 2.40 bits per heavy atom. The minimum absolute atomic E-state index is 0.265. The molecule has 3 rings (SSSR count). The maximum absolute atomic E-state index is 13.3. The molecule has 25 heavy (non-hydrogen) atoms. The number of carbonyl (C=O) groups is 1. The summed E-state index contributed by atoms with van der Waals surface area (Å²) in [6.45, 7) is 5.80. The number of carbonyl (C=O) groups excluding carboxylic acids is 1. The van der Waals surface area contributed by atoms with Gasteiger partial charge in [-0.05, 0) is 63.8 Å². The molecule has 0 atom stereocenters. The smallest absolute Gasteiger partial charge is 0.320 e. The summed E-state index contributed by atoms with van der Waals surface area (Å²) in [5.74, 6) is 0.700. The molecule has 0 aliphatic heterocycles. The number of halogens is 1. The Morgan fingerprint density at radius 2 is 1.88 bits per heavy atom. The number of aromatic nitrogens is 2. The number of nitrogens with one attached hydrogen (secondary N) is 2. The van der Waals surface area contributed by atoms with Crippen molar-refractivity contribution in [3.8, 4) is 11.3 Å². The van der Waals surface area contributed by atoms with Gasteiger partial charge >= 0.3 is 6.03 Å². The highest BCUT2D eigenvalue weighted by Gasteiger charge is 2.30. The van der Waals surface area contributed by atoms with Crippen LogP contribution in [0.3, 0.4) is 0 Å². The second-order valence-electron chi connectivity index (χ2n) is 7.70. The van der Waals surface area contributed by atoms with Crippen molar-refractivity contribution >= 4 is 11.8 Å². The van der Waals surface area contributed by atoms with Crippen molar-refractivity contribution in [2.75, 3.05) is 5.32 Å². The van der Waals surface area contributed by atoms with Gasteiger partial charge in [0.05, 0.1) is 5.69 Å². The van der Waals surface area contributed by atoms with E-state index >= 15 is 0 Å². The third-order valence-electron chi connectivity index (χ3n) is 4.44. The largest absolute Gasteiger partial charge is 0.333 e. The minimum atomic E-state index is -0.324. The van der Waals surface area contributed by atoms with Gasteiger partial charge in [0.2, 0.25) is 0 Å². The lowest BCUT2D eigenvalue weighted by Gasteiger charge is -2.27. The number of aryl methyl sites for hydroxylation is 1. The van der Waals surface area contributed by atoms with Crippen molar-refractivity contribution in [3.05, 3.63) is 35.6 Å². The van der Waals surface area contributed by atoms with Crippen molar-refractivity contribution in [2.45, 2.75) is 51.5 Å². The molecule has 1 aromatic carbocycles. The fourth-order valence-corrected chi connectivity index (χ4v) is 3.15. The van der Waals surface area contributed by atoms with E-state index in [1.165, 1.54) is 18.6 Å². The third-order valence-corrected chi connectivity index (χ3v) is 4.44. The van der Waals surface area contributed by atoms with Crippen molar-refractivity contribution in [1.29, 1.82) is 0 Å². The first kappa shape index (κ1) is 17.5. The maximum Gasteiger partial charge on any atom is 0.320 e. The number of hydrogen-bond acceptors (Lipinski definition) is 2. The Morgan fingerprint density at radius 1 is 1.24 bits per heavy atom. The molecule has 1 aromatic heterocycles. The number of hydrogen-bond donors (Lipinski definition) is 2. The molecule has 1 heterocycles. The number of nitrogens with zero attached hydrogens (tertiary/aromatic N) is 2. The number of rotatable bonds is 3. The standard InChI is InChI=1S/C19H25FN4O/c1-19(2,3)22-18(25)21-17-15(12-6-5-7-12)16(24(4)23-17)13-8-10-14(20)11-9-13/h8-12H,5-7H2,1-4H3,(H2,21,22,23,25). The quantitative estimate of drug-likeness (QED) is 0.866. The second kappa shape index (κ2) is 6.50. The van der Waals surface area contributed by atoms with Gasteiger partial charge in [-0.1, -0.05) is 6.42 Å². The average molecular weight is 344 g/mol. The fourth-order valence-electron chi connectivity index (χ4n) is 3.15. The van der Waals surface area contributed by atoms with E-state index in [2.05, 4.69) is 15.7 Å². The lowest BCUT2D eigenvalue weighted by Crippen LogP contribution is -2.43. The van der Waals surface area contributed by atoms with Crippen molar-refractivity contribution < 1.29 is 9.18 Å². The summed E-state index contributed by atoms with van der Waals surface area (Å²) < 4.78 is 15.1. The Balaban J connectivity index is 1.97. The van der Waals surface area contributed by atoms with Crippen LogP contribution in [0.5, 0.6) is 0 Å². The monoisotopic (exact) mass is 344 g/mol. The van der Waals surface area contributed by atoms with Gasteiger partial charge < -0.3 is 5.32 Å². The Bertz CT molecular complexity index is 770. The fraction of sp³-hybridized carbons (Fsp3) is 0.474. The number of benzene rings is 1. The molecule has 0 unspecified atom stereocenters. The molecule has 0 bridgehead atoms. The van der Waals surface area contributed by atoms with E-state index in [1.54, 1.807) is 16.8 Å². The minimum Gasteiger partial charge on any atom is -0.333 e. The van der Waals surface area contributed by atoms with Crippen molar-refractivity contribution in [2.24, 2.45) is 7.05 Å². The Kier molecular flexibility index (Phi) is 4.54. The highest BCUT2D eigenvalue weighted by molar-refractivity contribution is 5.91. The van der Waals surface area contributed by atoms with Crippen LogP contribution in [0.15, 0.2) is 24.3 Å². The lowest BCUT2D eigenvalue weighted by molar-refractivity contribution is 0.243. The molecule has 134 valence electrons. The summed E-state index contributed by atoms with van der Waals surface area (Å²) in [4.78, 5) is 12.3. The Hall–Kier alpha value is -2.37. The number of anilines is 1. The predicted molar refractivity (Wildman–Crippen MR) is 97.1 cm³/mol. The van der Waals surface area contributed by atoms with E-state index in [4.69, 9.17) is 0 Å². The van der Waals surface area contributed by atoms with E-state index in [9.17, 15) is 9.18 Å². The molecular weight excluding hydrogens is 319 g/mol. The summed E-state index contributed by atoms with van der Waals surface area (Å²) in [5, 5.41) is 10.3. The molecule has 1 aliphatic rings. The van der Waals surface area contributed by atoms with Crippen LogP contribution >= 0.6 is 0 Å². The molecule has 0 saturated heterocycles.